The first-order chi connectivity index (χ1) is 11.7. The van der Waals surface area contributed by atoms with Crippen molar-refractivity contribution >= 4 is 16.8 Å². The van der Waals surface area contributed by atoms with Gasteiger partial charge in [-0.05, 0) is 18.1 Å². The topological polar surface area (TPSA) is 81.8 Å². The number of carbonyl (C=O) groups is 1. The summed E-state index contributed by atoms with van der Waals surface area (Å²) in [4.78, 5) is 36.2. The van der Waals surface area contributed by atoms with Crippen molar-refractivity contribution in [3.05, 3.63) is 64.0 Å². The number of aryl methyl sites for hydroxylation is 1. The summed E-state index contributed by atoms with van der Waals surface area (Å²) >= 11 is 0. The summed E-state index contributed by atoms with van der Waals surface area (Å²) in [7, 11) is 0. The van der Waals surface area contributed by atoms with Crippen molar-refractivity contribution in [2.24, 2.45) is 0 Å². The van der Waals surface area contributed by atoms with Crippen molar-refractivity contribution in [3.63, 3.8) is 0 Å². The van der Waals surface area contributed by atoms with E-state index in [2.05, 4.69) is 21.0 Å². The van der Waals surface area contributed by atoms with E-state index in [-0.39, 0.29) is 11.5 Å². The van der Waals surface area contributed by atoms with Crippen molar-refractivity contribution < 1.29 is 4.79 Å². The van der Waals surface area contributed by atoms with Crippen LogP contribution in [0.5, 0.6) is 0 Å². The maximum absolute atomic E-state index is 12.5. The zero-order chi connectivity index (χ0) is 16.5. The quantitative estimate of drug-likeness (QED) is 0.771. The highest BCUT2D eigenvalue weighted by atomic mass is 16.2. The highest BCUT2D eigenvalue weighted by Crippen LogP contribution is 2.20. The lowest BCUT2D eigenvalue weighted by atomic mass is 10.0. The lowest BCUT2D eigenvalue weighted by Gasteiger charge is -2.27. The van der Waals surface area contributed by atoms with Crippen molar-refractivity contribution in [1.29, 1.82) is 0 Å². The number of fused-ring (bicyclic) bond motifs is 2. The Morgan fingerprint density at radius 1 is 1.25 bits per heavy atom. The number of benzene rings is 1. The first-order valence-electron chi connectivity index (χ1n) is 8.10. The summed E-state index contributed by atoms with van der Waals surface area (Å²) < 4.78 is 0. The van der Waals surface area contributed by atoms with Gasteiger partial charge in [0, 0.05) is 36.5 Å². The molecule has 122 valence electrons. The van der Waals surface area contributed by atoms with Crippen LogP contribution in [-0.4, -0.2) is 32.3 Å². The van der Waals surface area contributed by atoms with Crippen LogP contribution >= 0.6 is 0 Å². The van der Waals surface area contributed by atoms with E-state index in [9.17, 15) is 9.59 Å². The number of aromatic amines is 2. The van der Waals surface area contributed by atoms with Crippen molar-refractivity contribution in [2.75, 3.05) is 6.54 Å². The normalized spacial score (nSPS) is 13.9. The molecule has 0 atom stereocenters. The molecule has 0 spiro atoms. The van der Waals surface area contributed by atoms with E-state index in [0.717, 1.165) is 22.2 Å². The van der Waals surface area contributed by atoms with Gasteiger partial charge in [0.25, 0.3) is 5.56 Å². The number of aromatic nitrogens is 3. The Balaban J connectivity index is 1.46. The third-order valence-corrected chi connectivity index (χ3v) is 4.64. The zero-order valence-corrected chi connectivity index (χ0v) is 13.2. The van der Waals surface area contributed by atoms with E-state index in [1.165, 1.54) is 6.33 Å². The van der Waals surface area contributed by atoms with Crippen LogP contribution in [0.2, 0.25) is 0 Å². The molecule has 0 radical (unpaired) electrons. The largest absolute Gasteiger partial charge is 0.361 e. The Bertz CT molecular complexity index is 957. The van der Waals surface area contributed by atoms with Crippen LogP contribution in [0.4, 0.5) is 0 Å². The summed E-state index contributed by atoms with van der Waals surface area (Å²) in [6, 6.07) is 8.09. The SMILES string of the molecule is O=C(CCc1c[nH]c2ccccc12)N1CCc2nc[nH]c(=O)c2C1. The van der Waals surface area contributed by atoms with E-state index in [1.807, 2.05) is 24.4 Å². The van der Waals surface area contributed by atoms with Crippen LogP contribution in [0.25, 0.3) is 10.9 Å². The molecule has 2 N–H and O–H groups in total. The predicted octanol–water partition coefficient (Wildman–Crippen LogP) is 1.77. The molecule has 4 rings (SSSR count). The molecule has 0 fully saturated rings. The van der Waals surface area contributed by atoms with Gasteiger partial charge in [0.1, 0.15) is 0 Å². The molecule has 6 nitrogen and oxygen atoms in total. The molecular formula is C18H18N4O2. The first-order valence-corrected chi connectivity index (χ1v) is 8.10. The molecule has 3 heterocycles. The second-order valence-corrected chi connectivity index (χ2v) is 6.08. The number of nitrogens with zero attached hydrogens (tertiary/aromatic N) is 2. The van der Waals surface area contributed by atoms with Crippen LogP contribution < -0.4 is 5.56 Å². The molecule has 6 heteroatoms. The van der Waals surface area contributed by atoms with Crippen LogP contribution in [0.15, 0.2) is 41.6 Å². The van der Waals surface area contributed by atoms with Crippen LogP contribution in [0.1, 0.15) is 23.2 Å². The molecule has 3 aromatic rings. The summed E-state index contributed by atoms with van der Waals surface area (Å²) in [6.45, 7) is 0.974. The average molecular weight is 322 g/mol. The van der Waals surface area contributed by atoms with Gasteiger partial charge in [-0.15, -0.1) is 0 Å². The molecular weight excluding hydrogens is 304 g/mol. The van der Waals surface area contributed by atoms with Gasteiger partial charge in [-0.3, -0.25) is 9.59 Å². The minimum absolute atomic E-state index is 0.0779. The third kappa shape index (κ3) is 2.60. The molecule has 24 heavy (non-hydrogen) atoms. The molecule has 1 aliphatic heterocycles. The number of hydrogen-bond donors (Lipinski definition) is 2. The molecule has 0 bridgehead atoms. The minimum Gasteiger partial charge on any atom is -0.361 e. The van der Waals surface area contributed by atoms with Gasteiger partial charge in [0.2, 0.25) is 5.91 Å². The second-order valence-electron chi connectivity index (χ2n) is 6.08. The van der Waals surface area contributed by atoms with Gasteiger partial charge in [0.05, 0.1) is 24.1 Å². The first kappa shape index (κ1) is 14.7. The van der Waals surface area contributed by atoms with Gasteiger partial charge >= 0.3 is 0 Å². The van der Waals surface area contributed by atoms with E-state index < -0.39 is 0 Å². The zero-order valence-electron chi connectivity index (χ0n) is 13.2. The highest BCUT2D eigenvalue weighted by molar-refractivity contribution is 5.84. The molecule has 2 aromatic heterocycles. The fraction of sp³-hybridized carbons (Fsp3) is 0.278. The van der Waals surface area contributed by atoms with Crippen molar-refractivity contribution in [2.45, 2.75) is 25.8 Å². The molecule has 0 aliphatic carbocycles. The second kappa shape index (κ2) is 5.96. The Morgan fingerprint density at radius 2 is 2.12 bits per heavy atom. The molecule has 1 amide bonds. The monoisotopic (exact) mass is 322 g/mol. The summed E-state index contributed by atoms with van der Waals surface area (Å²) in [6.07, 6.45) is 5.16. The fourth-order valence-corrected chi connectivity index (χ4v) is 3.31. The summed E-state index contributed by atoms with van der Waals surface area (Å²) in [5, 5.41) is 1.16. The minimum atomic E-state index is -0.144. The predicted molar refractivity (Wildman–Crippen MR) is 90.6 cm³/mol. The maximum atomic E-state index is 12.5. The Hall–Kier alpha value is -2.89. The van der Waals surface area contributed by atoms with Crippen molar-refractivity contribution in [1.82, 2.24) is 19.9 Å². The Morgan fingerprint density at radius 3 is 3.04 bits per heavy atom. The number of amides is 1. The van der Waals surface area contributed by atoms with Crippen LogP contribution in [0, 0.1) is 0 Å². The molecule has 0 unspecified atom stereocenters. The van der Waals surface area contributed by atoms with E-state index >= 15 is 0 Å². The molecule has 1 aromatic carbocycles. The fourth-order valence-electron chi connectivity index (χ4n) is 3.31. The molecule has 0 saturated heterocycles. The number of hydrogen-bond acceptors (Lipinski definition) is 3. The lowest BCUT2D eigenvalue weighted by Crippen LogP contribution is -2.39. The van der Waals surface area contributed by atoms with Gasteiger partial charge in [0.15, 0.2) is 0 Å². The number of H-pyrrole nitrogens is 2. The van der Waals surface area contributed by atoms with E-state index in [1.54, 1.807) is 4.90 Å². The molecule has 1 aliphatic rings. The van der Waals surface area contributed by atoms with Crippen LogP contribution in [0.3, 0.4) is 0 Å². The number of carbonyl (C=O) groups excluding carboxylic acids is 1. The number of nitrogens with one attached hydrogen (secondary N) is 2. The Labute approximate surface area is 138 Å². The standard InChI is InChI=1S/C18H18N4O2/c23-17(6-5-12-9-19-15-4-2-1-3-13(12)15)22-8-7-16-14(10-22)18(24)21-11-20-16/h1-4,9,11,19H,5-8,10H2,(H,20,21,24). The number of para-hydroxylation sites is 1. The Kier molecular flexibility index (Phi) is 3.65. The smallest absolute Gasteiger partial charge is 0.255 e. The van der Waals surface area contributed by atoms with Crippen LogP contribution in [-0.2, 0) is 24.2 Å². The third-order valence-electron chi connectivity index (χ3n) is 4.64. The highest BCUT2D eigenvalue weighted by Gasteiger charge is 2.23. The van der Waals surface area contributed by atoms with Gasteiger partial charge < -0.3 is 14.9 Å². The van der Waals surface area contributed by atoms with Gasteiger partial charge in [-0.1, -0.05) is 18.2 Å². The van der Waals surface area contributed by atoms with Gasteiger partial charge in [-0.25, -0.2) is 4.98 Å². The maximum Gasteiger partial charge on any atom is 0.255 e. The van der Waals surface area contributed by atoms with Gasteiger partial charge in [-0.2, -0.15) is 0 Å². The van der Waals surface area contributed by atoms with E-state index in [0.29, 0.717) is 37.9 Å². The van der Waals surface area contributed by atoms with E-state index in [4.69, 9.17) is 0 Å². The average Bonchev–Trinajstić information content (AvgIpc) is 3.03. The molecule has 0 saturated carbocycles. The lowest BCUT2D eigenvalue weighted by molar-refractivity contribution is -0.132. The summed E-state index contributed by atoms with van der Waals surface area (Å²) in [5.41, 5.74) is 3.51. The number of rotatable bonds is 3. The summed E-state index contributed by atoms with van der Waals surface area (Å²) in [5.74, 6) is 0.0779. The van der Waals surface area contributed by atoms with Crippen molar-refractivity contribution in [3.8, 4) is 0 Å².